The van der Waals surface area contributed by atoms with Gasteiger partial charge in [-0.3, -0.25) is 9.88 Å². The molecule has 7 heteroatoms. The fourth-order valence-electron chi connectivity index (χ4n) is 4.66. The van der Waals surface area contributed by atoms with Crippen molar-refractivity contribution in [2.45, 2.75) is 63.3 Å². The van der Waals surface area contributed by atoms with Crippen LogP contribution in [0.5, 0.6) is 0 Å². The van der Waals surface area contributed by atoms with Crippen LogP contribution in [-0.2, 0) is 35.0 Å². The fourth-order valence-corrected chi connectivity index (χ4v) is 4.66. The van der Waals surface area contributed by atoms with E-state index in [1.54, 1.807) is 0 Å². The first-order chi connectivity index (χ1) is 15.4. The second-order valence-corrected chi connectivity index (χ2v) is 8.70. The predicted molar refractivity (Wildman–Crippen MR) is 115 cm³/mol. The monoisotopic (exact) mass is 446 g/mol. The van der Waals surface area contributed by atoms with Crippen LogP contribution >= 0.6 is 0 Å². The number of aldehydes is 1. The lowest BCUT2D eigenvalue weighted by Crippen LogP contribution is -2.29. The van der Waals surface area contributed by atoms with Gasteiger partial charge < -0.3 is 9.53 Å². The normalized spacial score (nSPS) is 20.2. The number of rotatable bonds is 8. The second-order valence-electron chi connectivity index (χ2n) is 8.70. The Morgan fingerprint density at radius 3 is 2.66 bits per heavy atom. The number of carbonyl (C=O) groups excluding carboxylic acids is 1. The molecule has 1 aromatic carbocycles. The molecule has 2 aromatic rings. The molecule has 0 spiro atoms. The predicted octanol–water partition coefficient (Wildman–Crippen LogP) is 4.94. The molecule has 172 valence electrons. The Hall–Kier alpha value is -2.25. The van der Waals surface area contributed by atoms with Crippen molar-refractivity contribution in [3.8, 4) is 0 Å². The average Bonchev–Trinajstić information content (AvgIpc) is 3.25. The number of aromatic nitrogens is 1. The van der Waals surface area contributed by atoms with Gasteiger partial charge in [-0.1, -0.05) is 18.2 Å². The molecule has 1 aliphatic carbocycles. The summed E-state index contributed by atoms with van der Waals surface area (Å²) in [7, 11) is 0. The molecule has 1 aliphatic heterocycles. The number of benzene rings is 1. The highest BCUT2D eigenvalue weighted by atomic mass is 19.4. The van der Waals surface area contributed by atoms with Gasteiger partial charge in [-0.25, -0.2) is 0 Å². The molecule has 0 amide bonds. The Morgan fingerprint density at radius 2 is 1.91 bits per heavy atom. The topological polar surface area (TPSA) is 42.4 Å². The van der Waals surface area contributed by atoms with Crippen LogP contribution in [0.15, 0.2) is 36.4 Å². The maximum atomic E-state index is 12.8. The van der Waals surface area contributed by atoms with Gasteiger partial charge in [-0.15, -0.1) is 0 Å². The van der Waals surface area contributed by atoms with Crippen molar-refractivity contribution < 1.29 is 22.7 Å². The molecule has 1 fully saturated rings. The zero-order valence-corrected chi connectivity index (χ0v) is 18.1. The molecule has 4 nitrogen and oxygen atoms in total. The van der Waals surface area contributed by atoms with Crippen molar-refractivity contribution in [1.29, 1.82) is 0 Å². The molecule has 4 rings (SSSR count). The summed E-state index contributed by atoms with van der Waals surface area (Å²) in [5.41, 5.74) is 3.63. The maximum absolute atomic E-state index is 12.8. The lowest BCUT2D eigenvalue weighted by molar-refractivity contribution is -0.137. The van der Waals surface area contributed by atoms with Gasteiger partial charge in [0.25, 0.3) is 0 Å². The van der Waals surface area contributed by atoms with E-state index in [4.69, 9.17) is 9.72 Å². The number of aryl methyl sites for hydroxylation is 3. The van der Waals surface area contributed by atoms with E-state index in [9.17, 15) is 18.0 Å². The van der Waals surface area contributed by atoms with Crippen LogP contribution < -0.4 is 0 Å². The quantitative estimate of drug-likeness (QED) is 0.425. The zero-order chi connectivity index (χ0) is 22.6. The lowest BCUT2D eigenvalue weighted by Gasteiger charge is -2.23. The van der Waals surface area contributed by atoms with Gasteiger partial charge in [0.2, 0.25) is 0 Å². The number of carbonyl (C=O) groups is 1. The van der Waals surface area contributed by atoms with Crippen LogP contribution in [0.3, 0.4) is 0 Å². The molecule has 2 heterocycles. The van der Waals surface area contributed by atoms with Crippen LogP contribution in [0, 0.1) is 0 Å². The van der Waals surface area contributed by atoms with Crippen molar-refractivity contribution >= 4 is 6.29 Å². The Labute approximate surface area is 186 Å². The van der Waals surface area contributed by atoms with E-state index in [-0.39, 0.29) is 6.10 Å². The number of hydrogen-bond acceptors (Lipinski definition) is 4. The molecule has 1 aromatic heterocycles. The Bertz CT molecular complexity index is 914. The number of fused-ring (bicyclic) bond motifs is 1. The Kier molecular flexibility index (Phi) is 7.26. The Balaban J connectivity index is 1.24. The van der Waals surface area contributed by atoms with Crippen molar-refractivity contribution in [2.24, 2.45) is 0 Å². The highest BCUT2D eigenvalue weighted by Crippen LogP contribution is 2.31. The van der Waals surface area contributed by atoms with Crippen molar-refractivity contribution in [3.05, 3.63) is 64.5 Å². The highest BCUT2D eigenvalue weighted by molar-refractivity contribution is 5.61. The van der Waals surface area contributed by atoms with Gasteiger partial charge in [0.05, 0.1) is 17.7 Å². The number of alkyl halides is 3. The highest BCUT2D eigenvalue weighted by Gasteiger charge is 2.32. The standard InChI is InChI=1S/C25H29F3N2O2/c26-25(27,28)20-10-7-19(8-11-20)24(17-31)30-14-13-22(16-30)32-15-3-5-21-12-9-18-4-1-2-6-23(18)29-21/h7-12,17,22,24H,1-6,13-16H2/t22-,24+/m1/s1. The van der Waals surface area contributed by atoms with E-state index in [1.165, 1.54) is 36.2 Å². The smallest absolute Gasteiger partial charge is 0.377 e. The minimum absolute atomic E-state index is 0.0309. The third-order valence-electron chi connectivity index (χ3n) is 6.44. The van der Waals surface area contributed by atoms with Crippen LogP contribution in [0.1, 0.15) is 59.8 Å². The van der Waals surface area contributed by atoms with E-state index >= 15 is 0 Å². The largest absolute Gasteiger partial charge is 0.416 e. The summed E-state index contributed by atoms with van der Waals surface area (Å²) in [5.74, 6) is 0. The molecular weight excluding hydrogens is 417 g/mol. The van der Waals surface area contributed by atoms with Crippen LogP contribution in [0.4, 0.5) is 13.2 Å². The molecule has 2 atom stereocenters. The second kappa shape index (κ2) is 10.1. The molecule has 0 N–H and O–H groups in total. The number of likely N-dealkylation sites (tertiary alicyclic amines) is 1. The molecule has 2 aliphatic rings. The van der Waals surface area contributed by atoms with Gasteiger partial charge >= 0.3 is 6.18 Å². The van der Waals surface area contributed by atoms with Crippen LogP contribution in [-0.4, -0.2) is 42.0 Å². The maximum Gasteiger partial charge on any atom is 0.416 e. The van der Waals surface area contributed by atoms with E-state index in [2.05, 4.69) is 12.1 Å². The minimum Gasteiger partial charge on any atom is -0.377 e. The SMILES string of the molecule is O=C[C@@H](c1ccc(C(F)(F)F)cc1)N1CC[C@@H](OCCCc2ccc3c(n2)CCCC3)C1. The lowest BCUT2D eigenvalue weighted by atomic mass is 9.95. The zero-order valence-electron chi connectivity index (χ0n) is 18.1. The first-order valence-electron chi connectivity index (χ1n) is 11.4. The Morgan fingerprint density at radius 1 is 1.12 bits per heavy atom. The van der Waals surface area contributed by atoms with Gasteiger partial charge in [0.1, 0.15) is 6.29 Å². The van der Waals surface area contributed by atoms with Crippen molar-refractivity contribution in [3.63, 3.8) is 0 Å². The fraction of sp³-hybridized carbons (Fsp3) is 0.520. The van der Waals surface area contributed by atoms with Gasteiger partial charge in [0, 0.05) is 31.1 Å². The van der Waals surface area contributed by atoms with Crippen LogP contribution in [0.25, 0.3) is 0 Å². The molecule has 0 bridgehead atoms. The molecule has 1 saturated heterocycles. The first kappa shape index (κ1) is 22.9. The van der Waals surface area contributed by atoms with E-state index in [1.807, 2.05) is 4.90 Å². The molecule has 0 saturated carbocycles. The summed E-state index contributed by atoms with van der Waals surface area (Å²) < 4.78 is 44.4. The first-order valence-corrected chi connectivity index (χ1v) is 11.4. The molecule has 0 radical (unpaired) electrons. The molecule has 0 unspecified atom stereocenters. The summed E-state index contributed by atoms with van der Waals surface area (Å²) in [6.45, 7) is 1.91. The number of halogens is 3. The minimum atomic E-state index is -4.38. The third kappa shape index (κ3) is 5.56. The summed E-state index contributed by atoms with van der Waals surface area (Å²) >= 11 is 0. The number of pyridine rings is 1. The molecule has 32 heavy (non-hydrogen) atoms. The number of ether oxygens (including phenoxy) is 1. The number of nitrogens with zero attached hydrogens (tertiary/aromatic N) is 2. The van der Waals surface area contributed by atoms with Gasteiger partial charge in [-0.05, 0) is 74.3 Å². The van der Waals surface area contributed by atoms with Gasteiger partial charge in [0.15, 0.2) is 0 Å². The van der Waals surface area contributed by atoms with Crippen molar-refractivity contribution in [1.82, 2.24) is 9.88 Å². The van der Waals surface area contributed by atoms with E-state index in [0.29, 0.717) is 25.3 Å². The summed E-state index contributed by atoms with van der Waals surface area (Å²) in [4.78, 5) is 18.5. The molecular formula is C25H29F3N2O2. The van der Waals surface area contributed by atoms with E-state index in [0.717, 1.165) is 56.2 Å². The third-order valence-corrected chi connectivity index (χ3v) is 6.44. The number of hydrogen-bond donors (Lipinski definition) is 0. The average molecular weight is 447 g/mol. The summed E-state index contributed by atoms with van der Waals surface area (Å²) in [6, 6.07) is 8.64. The van der Waals surface area contributed by atoms with E-state index < -0.39 is 17.8 Å². The van der Waals surface area contributed by atoms with Crippen LogP contribution in [0.2, 0.25) is 0 Å². The summed E-state index contributed by atoms with van der Waals surface area (Å²) in [5, 5.41) is 0. The van der Waals surface area contributed by atoms with Crippen molar-refractivity contribution in [2.75, 3.05) is 19.7 Å². The van der Waals surface area contributed by atoms with Gasteiger partial charge in [-0.2, -0.15) is 13.2 Å². The summed E-state index contributed by atoms with van der Waals surface area (Å²) in [6.07, 6.45) is 3.72.